The monoisotopic (exact) mass is 247 g/mol. The van der Waals surface area contributed by atoms with E-state index >= 15 is 0 Å². The number of esters is 1. The number of rotatable bonds is 3. The van der Waals surface area contributed by atoms with Crippen LogP contribution in [-0.4, -0.2) is 34.9 Å². The van der Waals surface area contributed by atoms with E-state index in [0.29, 0.717) is 6.61 Å². The Bertz CT molecular complexity index is 95.7. The first-order valence-electron chi connectivity index (χ1n) is 2.96. The van der Waals surface area contributed by atoms with Gasteiger partial charge in [0.25, 0.3) is 0 Å². The molecule has 9 heavy (non-hydrogen) atoms. The summed E-state index contributed by atoms with van der Waals surface area (Å²) in [5, 5.41) is 0. The molecule has 0 aliphatic heterocycles. The molecule has 0 amide bonds. The Morgan fingerprint density at radius 1 is 1.78 bits per heavy atom. The van der Waals surface area contributed by atoms with E-state index in [1.807, 2.05) is 13.8 Å². The summed E-state index contributed by atoms with van der Waals surface area (Å²) < 4.78 is 5.78. The third-order valence-corrected chi connectivity index (χ3v) is 1.33. The van der Waals surface area contributed by atoms with Crippen molar-refractivity contribution in [2.75, 3.05) is 6.61 Å². The van der Waals surface area contributed by atoms with Gasteiger partial charge in [0.2, 0.25) is 0 Å². The summed E-state index contributed by atoms with van der Waals surface area (Å²) >= 11 is 1.67. The normalized spacial score (nSPS) is 9.78. The number of hydrogen-bond acceptors (Lipinski definition) is 2. The molecular formula is C6H13O2Te+. The maximum atomic E-state index is 10.7. The number of ether oxygens (including phenoxy) is 1. The molecule has 0 radical (unpaired) electrons. The average Bonchev–Trinajstić information content (AvgIpc) is 1.82. The van der Waals surface area contributed by atoms with E-state index < -0.39 is 0 Å². The molecule has 0 rings (SSSR count). The van der Waals surface area contributed by atoms with Gasteiger partial charge in [-0.05, 0) is 0 Å². The molecule has 3 heteroatoms. The van der Waals surface area contributed by atoms with Gasteiger partial charge in [0, 0.05) is 0 Å². The first-order valence-corrected chi connectivity index (χ1v) is 4.76. The SMILES string of the molecule is CC(C)C(=O)OCC[TeH].[H+]. The maximum Gasteiger partial charge on any atom is 1.00 e. The van der Waals surface area contributed by atoms with Gasteiger partial charge in [0.05, 0.1) is 0 Å². The van der Waals surface area contributed by atoms with Crippen molar-refractivity contribution in [1.29, 1.82) is 0 Å². The Morgan fingerprint density at radius 3 is 2.67 bits per heavy atom. The Morgan fingerprint density at radius 2 is 2.33 bits per heavy atom. The van der Waals surface area contributed by atoms with Gasteiger partial charge in [0.15, 0.2) is 0 Å². The molecule has 0 bridgehead atoms. The van der Waals surface area contributed by atoms with Crippen LogP contribution in [0, 0.1) is 5.92 Å². The molecule has 54 valence electrons. The molecule has 0 aliphatic carbocycles. The fraction of sp³-hybridized carbons (Fsp3) is 0.833. The first-order chi connectivity index (χ1) is 4.18. The van der Waals surface area contributed by atoms with Crippen molar-refractivity contribution in [3.63, 3.8) is 0 Å². The molecule has 0 fully saturated rings. The topological polar surface area (TPSA) is 26.3 Å². The van der Waals surface area contributed by atoms with E-state index in [1.54, 1.807) is 22.3 Å². The van der Waals surface area contributed by atoms with Crippen molar-refractivity contribution in [1.82, 2.24) is 0 Å². The van der Waals surface area contributed by atoms with Gasteiger partial charge in [-0.25, -0.2) is 0 Å². The van der Waals surface area contributed by atoms with E-state index in [2.05, 4.69) is 0 Å². The molecule has 0 aromatic rings. The van der Waals surface area contributed by atoms with Gasteiger partial charge in [-0.2, -0.15) is 0 Å². The summed E-state index contributed by atoms with van der Waals surface area (Å²) in [4.78, 5) is 10.7. The predicted molar refractivity (Wildman–Crippen MR) is 38.9 cm³/mol. The van der Waals surface area contributed by atoms with Crippen molar-refractivity contribution >= 4 is 28.3 Å². The van der Waals surface area contributed by atoms with Crippen molar-refractivity contribution < 1.29 is 11.0 Å². The molecule has 0 atom stereocenters. The van der Waals surface area contributed by atoms with E-state index in [4.69, 9.17) is 4.74 Å². The van der Waals surface area contributed by atoms with E-state index in [-0.39, 0.29) is 13.3 Å². The quantitative estimate of drug-likeness (QED) is 0.538. The molecular weight excluding hydrogens is 232 g/mol. The molecule has 0 unspecified atom stereocenters. The molecule has 0 aromatic carbocycles. The van der Waals surface area contributed by atoms with E-state index in [0.717, 1.165) is 4.47 Å². The molecule has 2 nitrogen and oxygen atoms in total. The standard InChI is InChI=1S/C6H12O2Te/c1-5(2)6(7)8-3-4-9/h5,9H,3-4H2,1-2H3/p+1. The van der Waals surface area contributed by atoms with Crippen LogP contribution in [0.2, 0.25) is 4.47 Å². The third kappa shape index (κ3) is 4.74. The predicted octanol–water partition coefficient (Wildman–Crippen LogP) is 0.617. The van der Waals surface area contributed by atoms with Crippen molar-refractivity contribution in [3.8, 4) is 0 Å². The van der Waals surface area contributed by atoms with Gasteiger partial charge in [-0.1, -0.05) is 0 Å². The second-order valence-corrected chi connectivity index (χ2v) is 3.32. The Labute approximate surface area is 70.3 Å². The van der Waals surface area contributed by atoms with E-state index in [1.165, 1.54) is 0 Å². The Balaban J connectivity index is 0. The zero-order chi connectivity index (χ0) is 7.28. The van der Waals surface area contributed by atoms with Gasteiger partial charge in [-0.3, -0.25) is 0 Å². The number of hydrogen-bond donors (Lipinski definition) is 0. The Hall–Kier alpha value is 0.260. The first kappa shape index (κ1) is 9.26. The van der Waals surface area contributed by atoms with Crippen LogP contribution in [0.4, 0.5) is 0 Å². The van der Waals surface area contributed by atoms with Crippen LogP contribution in [0.25, 0.3) is 0 Å². The van der Waals surface area contributed by atoms with Crippen LogP contribution >= 0.6 is 0 Å². The molecule has 0 saturated carbocycles. The minimum atomic E-state index is -0.0921. The number of carbonyl (C=O) groups is 1. The minimum Gasteiger partial charge on any atom is 1.00 e. The smallest absolute Gasteiger partial charge is 1.00 e. The van der Waals surface area contributed by atoms with Crippen LogP contribution in [0.5, 0.6) is 0 Å². The molecule has 0 spiro atoms. The summed E-state index contributed by atoms with van der Waals surface area (Å²) in [6.07, 6.45) is 0. The zero-order valence-electron chi connectivity index (χ0n) is 6.76. The summed E-state index contributed by atoms with van der Waals surface area (Å²) in [6, 6.07) is 0. The molecule has 0 N–H and O–H groups in total. The van der Waals surface area contributed by atoms with Gasteiger partial charge < -0.3 is 0 Å². The second kappa shape index (κ2) is 5.08. The molecule has 0 aliphatic rings. The molecule has 0 saturated heterocycles. The van der Waals surface area contributed by atoms with Gasteiger partial charge >= 0.3 is 70.1 Å². The third-order valence-electron chi connectivity index (χ3n) is 0.807. The fourth-order valence-electron chi connectivity index (χ4n) is 0.313. The van der Waals surface area contributed by atoms with Gasteiger partial charge in [-0.15, -0.1) is 0 Å². The van der Waals surface area contributed by atoms with Crippen LogP contribution in [0.3, 0.4) is 0 Å². The summed E-state index contributed by atoms with van der Waals surface area (Å²) in [7, 11) is 0. The maximum absolute atomic E-state index is 10.7. The van der Waals surface area contributed by atoms with Crippen LogP contribution in [-0.2, 0) is 9.53 Å². The molecule has 0 heterocycles. The second-order valence-electron chi connectivity index (χ2n) is 2.05. The van der Waals surface area contributed by atoms with E-state index in [9.17, 15) is 4.79 Å². The number of carbonyl (C=O) groups excluding carboxylic acids is 1. The zero-order valence-corrected chi connectivity index (χ0v) is 8.31. The summed E-state index contributed by atoms with van der Waals surface area (Å²) in [6.45, 7) is 4.25. The molecule has 0 aromatic heterocycles. The average molecular weight is 245 g/mol. The van der Waals surface area contributed by atoms with Gasteiger partial charge in [0.1, 0.15) is 0 Å². The van der Waals surface area contributed by atoms with Crippen LogP contribution in [0.15, 0.2) is 0 Å². The Kier molecular flexibility index (Phi) is 5.22. The van der Waals surface area contributed by atoms with Crippen molar-refractivity contribution in [3.05, 3.63) is 0 Å². The minimum absolute atomic E-state index is 0. The summed E-state index contributed by atoms with van der Waals surface area (Å²) in [5.74, 6) is -0.0759. The van der Waals surface area contributed by atoms with Crippen molar-refractivity contribution in [2.45, 2.75) is 18.3 Å². The van der Waals surface area contributed by atoms with Crippen LogP contribution in [0.1, 0.15) is 15.3 Å². The van der Waals surface area contributed by atoms with Crippen LogP contribution < -0.4 is 0 Å². The van der Waals surface area contributed by atoms with Crippen molar-refractivity contribution in [2.24, 2.45) is 5.92 Å². The summed E-state index contributed by atoms with van der Waals surface area (Å²) in [5.41, 5.74) is 0. The largest absolute Gasteiger partial charge is 1.00 e. The fourth-order valence-corrected chi connectivity index (χ4v) is 0.573.